The maximum atomic E-state index is 13.4. The monoisotopic (exact) mass is 312 g/mol. The minimum absolute atomic E-state index is 0.305. The fraction of sp³-hybridized carbons (Fsp3) is 0.286. The van der Waals surface area contributed by atoms with Crippen LogP contribution in [0.15, 0.2) is 29.5 Å². The zero-order chi connectivity index (χ0) is 15.7. The molecule has 0 aliphatic carbocycles. The van der Waals surface area contributed by atoms with Crippen molar-refractivity contribution in [1.82, 2.24) is 10.2 Å². The van der Waals surface area contributed by atoms with Crippen LogP contribution < -0.4 is 5.32 Å². The third kappa shape index (κ3) is 2.73. The predicted molar refractivity (Wildman–Crippen MR) is 77.3 cm³/mol. The molecule has 0 radical (unpaired) electrons. The number of ether oxygens (including phenoxy) is 1. The summed E-state index contributed by atoms with van der Waals surface area (Å²) < 4.78 is 31.3. The van der Waals surface area contributed by atoms with Crippen molar-refractivity contribution in [3.63, 3.8) is 0 Å². The molecule has 1 aliphatic heterocycles. The summed E-state index contributed by atoms with van der Waals surface area (Å²) in [4.78, 5) is 13.6. The Morgan fingerprint density at radius 2 is 2.05 bits per heavy atom. The van der Waals surface area contributed by atoms with Gasteiger partial charge in [-0.1, -0.05) is 6.07 Å². The Bertz CT molecular complexity index is 646. The van der Waals surface area contributed by atoms with Crippen molar-refractivity contribution < 1.29 is 18.3 Å². The Hall–Kier alpha value is -2.02. The van der Waals surface area contributed by atoms with E-state index in [0.29, 0.717) is 21.9 Å². The van der Waals surface area contributed by atoms with Crippen LogP contribution in [0.1, 0.15) is 18.5 Å². The third-order valence-electron chi connectivity index (χ3n) is 3.44. The van der Waals surface area contributed by atoms with Gasteiger partial charge in [-0.05, 0) is 36.8 Å². The average Bonchev–Trinajstić information content (AvgIpc) is 2.46. The zero-order valence-corrected chi connectivity index (χ0v) is 12.6. The molecule has 1 aromatic rings. The fourth-order valence-corrected chi connectivity index (χ4v) is 2.41. The molecule has 1 N–H and O–H groups in total. The first kappa shape index (κ1) is 15.4. The summed E-state index contributed by atoms with van der Waals surface area (Å²) >= 11 is 5.18. The van der Waals surface area contributed by atoms with Crippen LogP contribution in [0.3, 0.4) is 0 Å². The number of thiocarbonyl (C=S) groups is 1. The van der Waals surface area contributed by atoms with Gasteiger partial charge in [0.2, 0.25) is 0 Å². The van der Waals surface area contributed by atoms with E-state index in [4.69, 9.17) is 17.0 Å². The molecule has 1 aliphatic rings. The van der Waals surface area contributed by atoms with Gasteiger partial charge >= 0.3 is 5.97 Å². The lowest BCUT2D eigenvalue weighted by Gasteiger charge is -2.35. The predicted octanol–water partition coefficient (Wildman–Crippen LogP) is 2.27. The van der Waals surface area contributed by atoms with Crippen LogP contribution in [-0.2, 0) is 9.53 Å². The van der Waals surface area contributed by atoms with Gasteiger partial charge in [0.05, 0.1) is 18.7 Å². The molecule has 0 aromatic heterocycles. The van der Waals surface area contributed by atoms with E-state index in [1.54, 1.807) is 18.9 Å². The molecule has 0 saturated carbocycles. The van der Waals surface area contributed by atoms with Gasteiger partial charge in [0.1, 0.15) is 0 Å². The molecule has 1 atom stereocenters. The topological polar surface area (TPSA) is 41.6 Å². The number of halogens is 2. The molecule has 0 unspecified atom stereocenters. The summed E-state index contributed by atoms with van der Waals surface area (Å²) in [6, 6.07) is 2.77. The molecule has 0 fully saturated rings. The second-order valence-corrected chi connectivity index (χ2v) is 4.99. The van der Waals surface area contributed by atoms with Gasteiger partial charge in [0.25, 0.3) is 0 Å². The van der Waals surface area contributed by atoms with Crippen molar-refractivity contribution in [2.24, 2.45) is 0 Å². The summed E-state index contributed by atoms with van der Waals surface area (Å²) in [5, 5.41) is 3.32. The Balaban J connectivity index is 2.56. The van der Waals surface area contributed by atoms with Crippen molar-refractivity contribution in [1.29, 1.82) is 0 Å². The van der Waals surface area contributed by atoms with E-state index in [1.807, 2.05) is 0 Å². The highest BCUT2D eigenvalue weighted by atomic mass is 32.1. The first-order chi connectivity index (χ1) is 9.86. The Kier molecular flexibility index (Phi) is 4.22. The highest BCUT2D eigenvalue weighted by Gasteiger charge is 2.33. The van der Waals surface area contributed by atoms with Gasteiger partial charge in [-0.2, -0.15) is 0 Å². The Morgan fingerprint density at radius 3 is 2.62 bits per heavy atom. The minimum atomic E-state index is -0.985. The van der Waals surface area contributed by atoms with Crippen molar-refractivity contribution in [3.05, 3.63) is 46.7 Å². The lowest BCUT2D eigenvalue weighted by atomic mass is 9.95. The molecule has 21 heavy (non-hydrogen) atoms. The van der Waals surface area contributed by atoms with Gasteiger partial charge in [-0.15, -0.1) is 0 Å². The highest BCUT2D eigenvalue weighted by molar-refractivity contribution is 7.80. The molecule has 0 saturated heterocycles. The second-order valence-electron chi connectivity index (χ2n) is 4.61. The number of hydrogen-bond donors (Lipinski definition) is 1. The molecule has 2 rings (SSSR count). The largest absolute Gasteiger partial charge is 0.466 e. The van der Waals surface area contributed by atoms with Gasteiger partial charge in [-0.3, -0.25) is 0 Å². The number of benzene rings is 1. The Morgan fingerprint density at radius 1 is 1.38 bits per heavy atom. The molecular weight excluding hydrogens is 298 g/mol. The van der Waals surface area contributed by atoms with Crippen molar-refractivity contribution in [2.45, 2.75) is 13.0 Å². The van der Waals surface area contributed by atoms with E-state index >= 15 is 0 Å². The van der Waals surface area contributed by atoms with Crippen LogP contribution in [0, 0.1) is 11.6 Å². The molecule has 0 spiro atoms. The van der Waals surface area contributed by atoms with Crippen molar-refractivity contribution >= 4 is 23.3 Å². The van der Waals surface area contributed by atoms with Crippen LogP contribution in [0.2, 0.25) is 0 Å². The van der Waals surface area contributed by atoms with Gasteiger partial charge in [-0.25, -0.2) is 13.6 Å². The van der Waals surface area contributed by atoms with E-state index in [9.17, 15) is 13.6 Å². The summed E-state index contributed by atoms with van der Waals surface area (Å²) in [6.07, 6.45) is 0. The van der Waals surface area contributed by atoms with Crippen LogP contribution in [-0.4, -0.2) is 30.1 Å². The normalized spacial score (nSPS) is 18.6. The number of nitrogens with one attached hydrogen (secondary N) is 1. The lowest BCUT2D eigenvalue weighted by molar-refractivity contribution is -0.136. The van der Waals surface area contributed by atoms with E-state index in [-0.39, 0.29) is 0 Å². The zero-order valence-electron chi connectivity index (χ0n) is 11.7. The second kappa shape index (κ2) is 5.77. The number of nitrogens with zero attached hydrogens (tertiary/aromatic N) is 1. The SMILES string of the molecule is COC(=O)C1=C(C)N(C)C(=S)N[C@H]1c1ccc(F)c(F)c1. The number of carbonyl (C=O) groups excluding carboxylic acids is 1. The standard InChI is InChI=1S/C14H14F2N2O2S/c1-7-11(13(19)20-3)12(17-14(21)18(7)2)8-4-5-9(15)10(16)6-8/h4-6,12H,1-3H3,(H,17,21)/t12-/m0/s1. The molecule has 1 heterocycles. The first-order valence-electron chi connectivity index (χ1n) is 6.15. The van der Waals surface area contributed by atoms with Crippen molar-refractivity contribution in [2.75, 3.05) is 14.2 Å². The quantitative estimate of drug-likeness (QED) is 0.670. The molecule has 112 valence electrons. The van der Waals surface area contributed by atoms with Gasteiger partial charge in [0.15, 0.2) is 16.7 Å². The third-order valence-corrected chi connectivity index (χ3v) is 3.83. The molecule has 0 bridgehead atoms. The van der Waals surface area contributed by atoms with Crippen LogP contribution in [0.4, 0.5) is 8.78 Å². The van der Waals surface area contributed by atoms with Crippen LogP contribution in [0.25, 0.3) is 0 Å². The molecular formula is C14H14F2N2O2S. The number of rotatable bonds is 2. The minimum Gasteiger partial charge on any atom is -0.466 e. The number of methoxy groups -OCH3 is 1. The van der Waals surface area contributed by atoms with Crippen LogP contribution in [0.5, 0.6) is 0 Å². The number of allylic oxidation sites excluding steroid dienone is 1. The molecule has 4 nitrogen and oxygen atoms in total. The Labute approximate surface area is 126 Å². The number of esters is 1. The summed E-state index contributed by atoms with van der Waals surface area (Å²) in [5.41, 5.74) is 1.30. The molecule has 1 aromatic carbocycles. The first-order valence-corrected chi connectivity index (χ1v) is 6.56. The number of carbonyl (C=O) groups is 1. The van der Waals surface area contributed by atoms with Gasteiger partial charge < -0.3 is 15.0 Å². The average molecular weight is 312 g/mol. The van der Waals surface area contributed by atoms with E-state index in [1.165, 1.54) is 13.2 Å². The maximum Gasteiger partial charge on any atom is 0.337 e. The highest BCUT2D eigenvalue weighted by Crippen LogP contribution is 2.31. The van der Waals surface area contributed by atoms with E-state index in [2.05, 4.69) is 5.32 Å². The number of hydrogen-bond acceptors (Lipinski definition) is 3. The molecule has 7 heteroatoms. The summed E-state index contributed by atoms with van der Waals surface area (Å²) in [6.45, 7) is 1.71. The van der Waals surface area contributed by atoms with E-state index < -0.39 is 23.6 Å². The van der Waals surface area contributed by atoms with Crippen LogP contribution >= 0.6 is 12.2 Å². The smallest absolute Gasteiger partial charge is 0.337 e. The van der Waals surface area contributed by atoms with Crippen molar-refractivity contribution in [3.8, 4) is 0 Å². The fourth-order valence-electron chi connectivity index (χ4n) is 2.15. The van der Waals surface area contributed by atoms with E-state index in [0.717, 1.165) is 12.1 Å². The summed E-state index contributed by atoms with van der Waals surface area (Å²) in [7, 11) is 2.97. The summed E-state index contributed by atoms with van der Waals surface area (Å²) in [5.74, 6) is -2.49. The lowest BCUT2D eigenvalue weighted by Crippen LogP contribution is -2.46. The maximum absolute atomic E-state index is 13.4. The van der Waals surface area contributed by atoms with Gasteiger partial charge in [0, 0.05) is 12.7 Å². The molecule has 0 amide bonds.